The Bertz CT molecular complexity index is 350. The Morgan fingerprint density at radius 2 is 2.38 bits per heavy atom. The second-order valence-corrected chi connectivity index (χ2v) is 4.63. The molecule has 1 saturated heterocycles. The van der Waals surface area contributed by atoms with Crippen molar-refractivity contribution in [2.75, 3.05) is 19.6 Å². The Kier molecular flexibility index (Phi) is 3.79. The molecule has 0 amide bonds. The lowest BCUT2D eigenvalue weighted by Crippen LogP contribution is -2.49. The van der Waals surface area contributed by atoms with Crippen LogP contribution in [0.3, 0.4) is 0 Å². The lowest BCUT2D eigenvalue weighted by molar-refractivity contribution is 0.164. The van der Waals surface area contributed by atoms with Gasteiger partial charge in [-0.1, -0.05) is 17.7 Å². The van der Waals surface area contributed by atoms with Crippen molar-refractivity contribution in [3.05, 3.63) is 34.6 Å². The molecule has 16 heavy (non-hydrogen) atoms. The van der Waals surface area contributed by atoms with Crippen LogP contribution in [0.5, 0.6) is 0 Å². The minimum absolute atomic E-state index is 0.210. The van der Waals surface area contributed by atoms with Gasteiger partial charge in [0.2, 0.25) is 0 Å². The van der Waals surface area contributed by atoms with E-state index < -0.39 is 0 Å². The first-order chi connectivity index (χ1) is 7.68. The first-order valence-corrected chi connectivity index (χ1v) is 5.94. The molecular formula is C12H16ClFN2. The number of nitrogens with one attached hydrogen (secondary N) is 1. The zero-order valence-electron chi connectivity index (χ0n) is 9.34. The van der Waals surface area contributed by atoms with Gasteiger partial charge < -0.3 is 5.32 Å². The van der Waals surface area contributed by atoms with Crippen LogP contribution >= 0.6 is 11.6 Å². The SMILES string of the molecule is CC1CNCCN1Cc1c(F)cccc1Cl. The van der Waals surface area contributed by atoms with Crippen LogP contribution in [0, 0.1) is 5.82 Å². The molecular weight excluding hydrogens is 227 g/mol. The molecule has 0 aliphatic carbocycles. The lowest BCUT2D eigenvalue weighted by Gasteiger charge is -2.34. The summed E-state index contributed by atoms with van der Waals surface area (Å²) in [6, 6.07) is 5.27. The van der Waals surface area contributed by atoms with Crippen molar-refractivity contribution < 1.29 is 4.39 Å². The topological polar surface area (TPSA) is 15.3 Å². The van der Waals surface area contributed by atoms with E-state index in [2.05, 4.69) is 17.1 Å². The van der Waals surface area contributed by atoms with Crippen LogP contribution in [0.2, 0.25) is 5.02 Å². The number of rotatable bonds is 2. The minimum Gasteiger partial charge on any atom is -0.314 e. The van der Waals surface area contributed by atoms with Crippen LogP contribution in [0.15, 0.2) is 18.2 Å². The molecule has 1 fully saturated rings. The van der Waals surface area contributed by atoms with E-state index in [0.717, 1.165) is 19.6 Å². The van der Waals surface area contributed by atoms with E-state index in [9.17, 15) is 4.39 Å². The lowest BCUT2D eigenvalue weighted by atomic mass is 10.1. The maximum absolute atomic E-state index is 13.6. The second kappa shape index (κ2) is 5.13. The number of hydrogen-bond acceptors (Lipinski definition) is 2. The summed E-state index contributed by atoms with van der Waals surface area (Å²) in [6.07, 6.45) is 0. The number of hydrogen-bond donors (Lipinski definition) is 1. The summed E-state index contributed by atoms with van der Waals surface area (Å²) in [7, 11) is 0. The van der Waals surface area contributed by atoms with E-state index in [1.807, 2.05) is 0 Å². The zero-order valence-corrected chi connectivity index (χ0v) is 10.1. The standard InChI is InChI=1S/C12H16ClFN2/c1-9-7-15-5-6-16(9)8-10-11(13)3-2-4-12(10)14/h2-4,9,15H,5-8H2,1H3. The number of piperazine rings is 1. The van der Waals surface area contributed by atoms with Gasteiger partial charge in [-0.25, -0.2) is 4.39 Å². The van der Waals surface area contributed by atoms with Crippen molar-refractivity contribution in [1.29, 1.82) is 0 Å². The Balaban J connectivity index is 2.13. The quantitative estimate of drug-likeness (QED) is 0.856. The fourth-order valence-corrected chi connectivity index (χ4v) is 2.23. The van der Waals surface area contributed by atoms with Gasteiger partial charge in [0.25, 0.3) is 0 Å². The number of nitrogens with zero attached hydrogens (tertiary/aromatic N) is 1. The maximum Gasteiger partial charge on any atom is 0.129 e. The van der Waals surface area contributed by atoms with Crippen molar-refractivity contribution in [3.63, 3.8) is 0 Å². The van der Waals surface area contributed by atoms with E-state index >= 15 is 0 Å². The Morgan fingerprint density at radius 3 is 3.06 bits per heavy atom. The molecule has 0 saturated carbocycles. The van der Waals surface area contributed by atoms with Crippen molar-refractivity contribution in [3.8, 4) is 0 Å². The van der Waals surface area contributed by atoms with Gasteiger partial charge in [0, 0.05) is 42.8 Å². The summed E-state index contributed by atoms with van der Waals surface area (Å²) in [5.41, 5.74) is 0.609. The molecule has 88 valence electrons. The molecule has 0 radical (unpaired) electrons. The molecule has 1 aliphatic heterocycles. The summed E-state index contributed by atoms with van der Waals surface area (Å²) in [6.45, 7) is 5.57. The average molecular weight is 243 g/mol. The van der Waals surface area contributed by atoms with Gasteiger partial charge in [0.15, 0.2) is 0 Å². The molecule has 1 aromatic rings. The molecule has 0 aromatic heterocycles. The molecule has 0 spiro atoms. The van der Waals surface area contributed by atoms with Crippen molar-refractivity contribution in [2.45, 2.75) is 19.5 Å². The average Bonchev–Trinajstić information content (AvgIpc) is 2.26. The highest BCUT2D eigenvalue weighted by Gasteiger charge is 2.20. The molecule has 1 aliphatic rings. The highest BCUT2D eigenvalue weighted by atomic mass is 35.5. The van der Waals surface area contributed by atoms with Crippen LogP contribution in [-0.2, 0) is 6.54 Å². The molecule has 4 heteroatoms. The van der Waals surface area contributed by atoms with Crippen molar-refractivity contribution >= 4 is 11.6 Å². The summed E-state index contributed by atoms with van der Waals surface area (Å²) < 4.78 is 13.6. The molecule has 2 nitrogen and oxygen atoms in total. The first-order valence-electron chi connectivity index (χ1n) is 5.56. The number of halogens is 2. The molecule has 1 N–H and O–H groups in total. The number of benzene rings is 1. The summed E-state index contributed by atoms with van der Waals surface area (Å²) in [5, 5.41) is 3.83. The second-order valence-electron chi connectivity index (χ2n) is 4.22. The molecule has 0 bridgehead atoms. The fourth-order valence-electron chi connectivity index (χ4n) is 2.00. The maximum atomic E-state index is 13.6. The Morgan fingerprint density at radius 1 is 1.56 bits per heavy atom. The van der Waals surface area contributed by atoms with E-state index in [0.29, 0.717) is 23.2 Å². The van der Waals surface area contributed by atoms with Crippen LogP contribution < -0.4 is 5.32 Å². The van der Waals surface area contributed by atoms with E-state index in [1.165, 1.54) is 6.07 Å². The highest BCUT2D eigenvalue weighted by molar-refractivity contribution is 6.31. The van der Waals surface area contributed by atoms with Gasteiger partial charge in [0.1, 0.15) is 5.82 Å². The summed E-state index contributed by atoms with van der Waals surface area (Å²) in [4.78, 5) is 2.25. The van der Waals surface area contributed by atoms with E-state index in [1.54, 1.807) is 12.1 Å². The largest absolute Gasteiger partial charge is 0.314 e. The van der Waals surface area contributed by atoms with Gasteiger partial charge in [-0.3, -0.25) is 4.90 Å². The molecule has 1 heterocycles. The minimum atomic E-state index is -0.210. The van der Waals surface area contributed by atoms with Crippen molar-refractivity contribution in [1.82, 2.24) is 10.2 Å². The summed E-state index contributed by atoms with van der Waals surface area (Å²) in [5.74, 6) is -0.210. The monoisotopic (exact) mass is 242 g/mol. The molecule has 1 atom stereocenters. The van der Waals surface area contributed by atoms with Crippen LogP contribution in [0.25, 0.3) is 0 Å². The van der Waals surface area contributed by atoms with Gasteiger partial charge in [0.05, 0.1) is 0 Å². The normalized spacial score (nSPS) is 22.3. The van der Waals surface area contributed by atoms with Crippen molar-refractivity contribution in [2.24, 2.45) is 0 Å². The zero-order chi connectivity index (χ0) is 11.5. The first kappa shape index (κ1) is 11.8. The predicted octanol–water partition coefficient (Wildman–Crippen LogP) is 2.27. The van der Waals surface area contributed by atoms with E-state index in [4.69, 9.17) is 11.6 Å². The highest BCUT2D eigenvalue weighted by Crippen LogP contribution is 2.21. The third-order valence-corrected chi connectivity index (χ3v) is 3.42. The fraction of sp³-hybridized carbons (Fsp3) is 0.500. The third kappa shape index (κ3) is 2.54. The smallest absolute Gasteiger partial charge is 0.129 e. The van der Waals surface area contributed by atoms with Crippen LogP contribution in [0.4, 0.5) is 4.39 Å². The Hall–Kier alpha value is -0.640. The van der Waals surface area contributed by atoms with Crippen LogP contribution in [-0.4, -0.2) is 30.6 Å². The van der Waals surface area contributed by atoms with Gasteiger partial charge in [-0.2, -0.15) is 0 Å². The van der Waals surface area contributed by atoms with Gasteiger partial charge in [-0.05, 0) is 19.1 Å². The van der Waals surface area contributed by atoms with Gasteiger partial charge >= 0.3 is 0 Å². The Labute approximate surface area is 100 Å². The predicted molar refractivity (Wildman–Crippen MR) is 64.2 cm³/mol. The van der Waals surface area contributed by atoms with Gasteiger partial charge in [-0.15, -0.1) is 0 Å². The van der Waals surface area contributed by atoms with Crippen LogP contribution in [0.1, 0.15) is 12.5 Å². The third-order valence-electron chi connectivity index (χ3n) is 3.06. The molecule has 1 unspecified atom stereocenters. The van der Waals surface area contributed by atoms with E-state index in [-0.39, 0.29) is 5.82 Å². The molecule has 2 rings (SSSR count). The summed E-state index contributed by atoms with van der Waals surface area (Å²) >= 11 is 6.01. The molecule has 1 aromatic carbocycles.